The van der Waals surface area contributed by atoms with Gasteiger partial charge in [-0.15, -0.1) is 0 Å². The van der Waals surface area contributed by atoms with Gasteiger partial charge in [0.15, 0.2) is 6.26 Å². The van der Waals surface area contributed by atoms with E-state index in [0.29, 0.717) is 6.54 Å². The number of hydrogen-bond donors (Lipinski definition) is 1. The van der Waals surface area contributed by atoms with E-state index in [-0.39, 0.29) is 18.7 Å². The van der Waals surface area contributed by atoms with Crippen molar-refractivity contribution < 1.29 is 19.2 Å². The van der Waals surface area contributed by atoms with Crippen molar-refractivity contribution in [1.29, 1.82) is 0 Å². The summed E-state index contributed by atoms with van der Waals surface area (Å²) in [5.41, 5.74) is -0.356. The Kier molecular flexibility index (Phi) is 5.88. The third-order valence-electron chi connectivity index (χ3n) is 2.48. The topological polar surface area (TPSA) is 115 Å². The summed E-state index contributed by atoms with van der Waals surface area (Å²) < 4.78 is 6.86. The summed E-state index contributed by atoms with van der Waals surface area (Å²) in [6.45, 7) is 4.01. The molecular formula is C11H15N4O5+. The first-order chi connectivity index (χ1) is 9.54. The van der Waals surface area contributed by atoms with Crippen LogP contribution in [0.4, 0.5) is 0 Å². The monoisotopic (exact) mass is 283 g/mol. The van der Waals surface area contributed by atoms with E-state index in [9.17, 15) is 20.2 Å². The van der Waals surface area contributed by atoms with Crippen LogP contribution in [0, 0.1) is 20.2 Å². The number of nitro groups is 2. The summed E-state index contributed by atoms with van der Waals surface area (Å²) in [7, 11) is 0. The molecule has 1 heterocycles. The molecule has 0 saturated carbocycles. The van der Waals surface area contributed by atoms with Crippen LogP contribution in [0.5, 0.6) is 0 Å². The largest absolute Gasteiger partial charge is 0.490 e. The van der Waals surface area contributed by atoms with Crippen molar-refractivity contribution in [2.75, 3.05) is 6.61 Å². The van der Waals surface area contributed by atoms with Crippen molar-refractivity contribution in [3.05, 3.63) is 63.6 Å². The molecule has 9 nitrogen and oxygen atoms in total. The van der Waals surface area contributed by atoms with Crippen LogP contribution >= 0.6 is 0 Å². The van der Waals surface area contributed by atoms with E-state index < -0.39 is 15.9 Å². The van der Waals surface area contributed by atoms with E-state index in [1.807, 2.05) is 0 Å². The molecule has 0 aliphatic carbocycles. The highest BCUT2D eigenvalue weighted by Gasteiger charge is 2.25. The number of H-pyrrole nitrogens is 1. The minimum atomic E-state index is -1.20. The lowest BCUT2D eigenvalue weighted by molar-refractivity contribution is -0.696. The first kappa shape index (κ1) is 15.3. The molecule has 0 spiro atoms. The van der Waals surface area contributed by atoms with E-state index in [1.54, 1.807) is 23.3 Å². The second kappa shape index (κ2) is 7.67. The van der Waals surface area contributed by atoms with Gasteiger partial charge in [-0.3, -0.25) is 25.2 Å². The molecular weight excluding hydrogens is 268 g/mol. The maximum atomic E-state index is 10.8. The Hall–Kier alpha value is -2.71. The molecule has 1 rings (SSSR count). The number of hydrogen-bond acceptors (Lipinski definition) is 5. The molecule has 108 valence electrons. The van der Waals surface area contributed by atoms with E-state index in [4.69, 9.17) is 4.74 Å². The molecule has 1 aromatic heterocycles. The van der Waals surface area contributed by atoms with E-state index in [2.05, 4.69) is 11.6 Å². The zero-order valence-corrected chi connectivity index (χ0v) is 10.7. The molecule has 1 N–H and O–H groups in total. The summed E-state index contributed by atoms with van der Waals surface area (Å²) in [5, 5.41) is 21.4. The lowest BCUT2D eigenvalue weighted by atomic mass is 10.2. The minimum Gasteiger partial charge on any atom is -0.490 e. The van der Waals surface area contributed by atoms with Crippen molar-refractivity contribution in [2.24, 2.45) is 0 Å². The summed E-state index contributed by atoms with van der Waals surface area (Å²) in [4.78, 5) is 22.9. The maximum absolute atomic E-state index is 10.8. The van der Waals surface area contributed by atoms with Crippen LogP contribution in [0.1, 0.15) is 6.42 Å². The maximum Gasteiger partial charge on any atom is 0.287 e. The average Bonchev–Trinajstić information content (AvgIpc) is 2.90. The molecule has 0 aromatic carbocycles. The first-order valence-electron chi connectivity index (χ1n) is 5.77. The Morgan fingerprint density at radius 3 is 2.75 bits per heavy atom. The zero-order valence-electron chi connectivity index (χ0n) is 10.7. The standard InChI is InChI=1S/C11H14N4O5/c1-2-10(14(16)17)7-11(15(18)19)8-20-6-5-13-4-3-12-9-13/h2-4,8-10H,1,5-7H2/p+1/b11-8-. The number of nitrogens with zero attached hydrogens (tertiary/aromatic N) is 3. The van der Waals surface area contributed by atoms with Gasteiger partial charge in [-0.2, -0.15) is 0 Å². The number of imidazole rings is 1. The van der Waals surface area contributed by atoms with Gasteiger partial charge in [-0.1, -0.05) is 6.58 Å². The van der Waals surface area contributed by atoms with Gasteiger partial charge >= 0.3 is 0 Å². The van der Waals surface area contributed by atoms with Crippen LogP contribution in [-0.2, 0) is 11.3 Å². The van der Waals surface area contributed by atoms with Crippen molar-refractivity contribution in [3.8, 4) is 0 Å². The highest BCUT2D eigenvalue weighted by Crippen LogP contribution is 2.10. The lowest BCUT2D eigenvalue weighted by Crippen LogP contribution is -2.32. The number of rotatable bonds is 9. The second-order valence-corrected chi connectivity index (χ2v) is 3.88. The predicted octanol–water partition coefficient (Wildman–Crippen LogP) is 0.658. The third-order valence-corrected chi connectivity index (χ3v) is 2.48. The van der Waals surface area contributed by atoms with Crippen LogP contribution in [0.3, 0.4) is 0 Å². The van der Waals surface area contributed by atoms with E-state index >= 15 is 0 Å². The highest BCUT2D eigenvalue weighted by molar-refractivity contribution is 4.94. The second-order valence-electron chi connectivity index (χ2n) is 3.88. The molecule has 0 saturated heterocycles. The van der Waals surface area contributed by atoms with Gasteiger partial charge in [0.05, 0.1) is 4.92 Å². The molecule has 1 aromatic rings. The summed E-state index contributed by atoms with van der Waals surface area (Å²) in [6.07, 6.45) is 6.87. The lowest BCUT2D eigenvalue weighted by Gasteiger charge is -2.03. The summed E-state index contributed by atoms with van der Waals surface area (Å²) >= 11 is 0. The Morgan fingerprint density at radius 1 is 1.50 bits per heavy atom. The van der Waals surface area contributed by atoms with Crippen LogP contribution in [-0.4, -0.2) is 27.5 Å². The summed E-state index contributed by atoms with van der Waals surface area (Å²) in [5.74, 6) is 0. The third kappa shape index (κ3) is 4.88. The van der Waals surface area contributed by atoms with Gasteiger partial charge in [0.1, 0.15) is 32.0 Å². The number of ether oxygens (including phenoxy) is 1. The zero-order chi connectivity index (χ0) is 15.0. The van der Waals surface area contributed by atoms with Gasteiger partial charge in [0.25, 0.3) is 5.70 Å². The molecule has 1 unspecified atom stereocenters. The molecule has 0 bridgehead atoms. The number of nitrogens with one attached hydrogen (secondary N) is 1. The Bertz CT molecular complexity index is 497. The molecule has 0 amide bonds. The normalized spacial score (nSPS) is 12.7. The number of aromatic amines is 1. The highest BCUT2D eigenvalue weighted by atomic mass is 16.6. The van der Waals surface area contributed by atoms with Gasteiger partial charge in [-0.25, -0.2) is 4.57 Å². The molecule has 0 fully saturated rings. The average molecular weight is 283 g/mol. The fourth-order valence-electron chi connectivity index (χ4n) is 1.40. The van der Waals surface area contributed by atoms with Crippen molar-refractivity contribution in [1.82, 2.24) is 4.98 Å². The first-order valence-corrected chi connectivity index (χ1v) is 5.77. The smallest absolute Gasteiger partial charge is 0.287 e. The van der Waals surface area contributed by atoms with E-state index in [1.165, 1.54) is 0 Å². The Morgan fingerprint density at radius 2 is 2.25 bits per heavy atom. The Labute approximate surface area is 114 Å². The molecule has 0 aliphatic rings. The fraction of sp³-hybridized carbons (Fsp3) is 0.364. The summed E-state index contributed by atoms with van der Waals surface area (Å²) in [6, 6.07) is -1.20. The Balaban J connectivity index is 2.52. The van der Waals surface area contributed by atoms with Gasteiger partial charge in [-0.05, 0) is 6.08 Å². The molecule has 0 radical (unpaired) electrons. The quantitative estimate of drug-likeness (QED) is 0.178. The fourth-order valence-corrected chi connectivity index (χ4v) is 1.40. The van der Waals surface area contributed by atoms with Gasteiger partial charge in [0.2, 0.25) is 12.4 Å². The minimum absolute atomic E-state index is 0.219. The van der Waals surface area contributed by atoms with Crippen molar-refractivity contribution in [2.45, 2.75) is 19.0 Å². The number of aromatic nitrogens is 2. The van der Waals surface area contributed by atoms with Gasteiger partial charge < -0.3 is 4.74 Å². The predicted molar refractivity (Wildman–Crippen MR) is 67.6 cm³/mol. The molecule has 9 heteroatoms. The SMILES string of the molecule is C=CC(C/C(=C/OCC[n+]1cc[nH]c1)[N+](=O)[O-])[N+](=O)[O-]. The van der Waals surface area contributed by atoms with Gasteiger partial charge in [0, 0.05) is 4.92 Å². The molecule has 20 heavy (non-hydrogen) atoms. The van der Waals surface area contributed by atoms with E-state index in [0.717, 1.165) is 12.3 Å². The molecule has 0 aliphatic heterocycles. The van der Waals surface area contributed by atoms with Crippen LogP contribution < -0.4 is 4.57 Å². The van der Waals surface area contributed by atoms with Crippen LogP contribution in [0.15, 0.2) is 43.3 Å². The van der Waals surface area contributed by atoms with Crippen molar-refractivity contribution >= 4 is 0 Å². The molecule has 1 atom stereocenters. The van der Waals surface area contributed by atoms with Crippen molar-refractivity contribution in [3.63, 3.8) is 0 Å². The van der Waals surface area contributed by atoms with Crippen LogP contribution in [0.2, 0.25) is 0 Å². The van der Waals surface area contributed by atoms with Crippen LogP contribution in [0.25, 0.3) is 0 Å².